The minimum atomic E-state index is -0.304. The molecular weight excluding hydrogens is 750 g/mol. The Balaban J connectivity index is 1.37. The van der Waals surface area contributed by atoms with Gasteiger partial charge in [0, 0.05) is 40.2 Å². The van der Waals surface area contributed by atoms with Crippen molar-refractivity contribution in [3.05, 3.63) is 204 Å². The molecule has 0 aliphatic heterocycles. The fourth-order valence-electron chi connectivity index (χ4n) is 7.89. The number of nitrogens with zero attached hydrogens (tertiary/aromatic N) is 3. The van der Waals surface area contributed by atoms with Gasteiger partial charge in [0.05, 0.1) is 11.4 Å². The lowest BCUT2D eigenvalue weighted by molar-refractivity contribution is 0.446. The van der Waals surface area contributed by atoms with E-state index in [1.165, 1.54) is 12.1 Å². The first-order valence-electron chi connectivity index (χ1n) is 21.0. The van der Waals surface area contributed by atoms with Crippen LogP contribution in [0.4, 0.5) is 21.6 Å². The fraction of sp³-hybridized carbons (Fsp3) is 0.179. The van der Waals surface area contributed by atoms with Gasteiger partial charge < -0.3 is 5.11 Å². The molecule has 0 bridgehead atoms. The van der Waals surface area contributed by atoms with E-state index in [9.17, 15) is 9.50 Å². The third-order valence-corrected chi connectivity index (χ3v) is 11.5. The molecule has 8 rings (SSSR count). The van der Waals surface area contributed by atoms with Crippen LogP contribution in [0.3, 0.4) is 0 Å². The molecule has 2 heterocycles. The van der Waals surface area contributed by atoms with Crippen LogP contribution in [0.2, 0.25) is 0 Å². The summed E-state index contributed by atoms with van der Waals surface area (Å²) in [4.78, 5) is 12.6. The molecule has 1 N–H and O–H groups in total. The van der Waals surface area contributed by atoms with Crippen molar-refractivity contribution >= 4 is 17.2 Å². The largest absolute Gasteiger partial charge is 0.507 e. The van der Waals surface area contributed by atoms with Crippen molar-refractivity contribution in [3.63, 3.8) is 0 Å². The summed E-state index contributed by atoms with van der Waals surface area (Å²) in [5, 5.41) is 12.1. The number of anilines is 3. The summed E-state index contributed by atoms with van der Waals surface area (Å²) >= 11 is 0. The average Bonchev–Trinajstić information content (AvgIpc) is 3.26. The van der Waals surface area contributed by atoms with Crippen molar-refractivity contribution in [2.45, 2.75) is 65.2 Å². The standard InChI is InChI=1S/C56H52FN3O/c1-37(38-23-25-46(57)26-24-38)41-27-28-58-53(34-41)60(47-21-15-10-16-22-47)48-30-42(39-17-11-8-12-18-39)29-44(31-48)51-32-43(40-19-13-9-14-20-40)33-52(59-51)49-35-45(55(2,3)4)36-50(54(49)61)56(5,6)7/h8-37,61H,1-7H3. The van der Waals surface area contributed by atoms with Gasteiger partial charge in [-0.3, -0.25) is 4.90 Å². The lowest BCUT2D eigenvalue weighted by Gasteiger charge is -2.28. The van der Waals surface area contributed by atoms with Crippen LogP contribution < -0.4 is 4.90 Å². The van der Waals surface area contributed by atoms with Gasteiger partial charge in [-0.05, 0) is 123 Å². The highest BCUT2D eigenvalue weighted by Gasteiger charge is 2.27. The Hall–Kier alpha value is -6.85. The van der Waals surface area contributed by atoms with Crippen molar-refractivity contribution in [3.8, 4) is 50.5 Å². The molecule has 0 aliphatic carbocycles. The molecule has 0 radical (unpaired) electrons. The Morgan fingerprint density at radius 1 is 0.525 bits per heavy atom. The van der Waals surface area contributed by atoms with E-state index in [1.54, 1.807) is 0 Å². The maximum atomic E-state index is 13.9. The fourth-order valence-corrected chi connectivity index (χ4v) is 7.89. The molecule has 0 amide bonds. The van der Waals surface area contributed by atoms with Gasteiger partial charge in [0.1, 0.15) is 17.4 Å². The second kappa shape index (κ2) is 16.7. The minimum Gasteiger partial charge on any atom is -0.507 e. The molecule has 4 nitrogen and oxygen atoms in total. The Kier molecular flexibility index (Phi) is 11.2. The third kappa shape index (κ3) is 8.88. The van der Waals surface area contributed by atoms with Gasteiger partial charge in [0.2, 0.25) is 0 Å². The molecule has 2 aromatic heterocycles. The van der Waals surface area contributed by atoms with E-state index in [0.717, 1.165) is 73.0 Å². The number of halogens is 1. The number of phenolic OH excluding ortho intramolecular Hbond substituents is 1. The van der Waals surface area contributed by atoms with Gasteiger partial charge in [0.15, 0.2) is 0 Å². The van der Waals surface area contributed by atoms with Crippen LogP contribution in [0.25, 0.3) is 44.8 Å². The summed E-state index contributed by atoms with van der Waals surface area (Å²) in [6.07, 6.45) is 1.85. The lowest BCUT2D eigenvalue weighted by Crippen LogP contribution is -2.17. The topological polar surface area (TPSA) is 49.2 Å². The molecule has 0 fully saturated rings. The summed E-state index contributed by atoms with van der Waals surface area (Å²) in [5.74, 6) is 0.746. The molecule has 0 saturated heterocycles. The Morgan fingerprint density at radius 3 is 1.70 bits per heavy atom. The predicted octanol–water partition coefficient (Wildman–Crippen LogP) is 15.2. The van der Waals surface area contributed by atoms with Gasteiger partial charge in [-0.25, -0.2) is 14.4 Å². The third-order valence-electron chi connectivity index (χ3n) is 11.5. The lowest BCUT2D eigenvalue weighted by atomic mass is 9.78. The van der Waals surface area contributed by atoms with Gasteiger partial charge in [-0.15, -0.1) is 0 Å². The monoisotopic (exact) mass is 801 g/mol. The number of phenols is 1. The second-order valence-corrected chi connectivity index (χ2v) is 17.9. The Labute approximate surface area is 360 Å². The quantitative estimate of drug-likeness (QED) is 0.158. The molecule has 61 heavy (non-hydrogen) atoms. The summed E-state index contributed by atoms with van der Waals surface area (Å²) in [6.45, 7) is 15.2. The zero-order chi connectivity index (χ0) is 42.9. The number of para-hydroxylation sites is 1. The zero-order valence-corrected chi connectivity index (χ0v) is 36.0. The minimum absolute atomic E-state index is 0.00142. The number of hydrogen-bond donors (Lipinski definition) is 1. The van der Waals surface area contributed by atoms with Crippen molar-refractivity contribution in [1.82, 2.24) is 9.97 Å². The number of pyridine rings is 2. The molecule has 8 aromatic rings. The molecular formula is C56H52FN3O. The molecule has 5 heteroatoms. The molecule has 0 spiro atoms. The van der Waals surface area contributed by atoms with Crippen molar-refractivity contribution in [1.29, 1.82) is 0 Å². The Bertz CT molecular complexity index is 2790. The van der Waals surface area contributed by atoms with Crippen molar-refractivity contribution in [2.75, 3.05) is 4.90 Å². The van der Waals surface area contributed by atoms with Gasteiger partial charge in [-0.1, -0.05) is 146 Å². The number of aromatic hydroxyl groups is 1. The molecule has 6 aromatic carbocycles. The van der Waals surface area contributed by atoms with Crippen LogP contribution in [0.15, 0.2) is 176 Å². The van der Waals surface area contributed by atoms with Gasteiger partial charge in [0.25, 0.3) is 0 Å². The first-order chi connectivity index (χ1) is 29.2. The van der Waals surface area contributed by atoms with Crippen molar-refractivity contribution < 1.29 is 9.50 Å². The predicted molar refractivity (Wildman–Crippen MR) is 251 cm³/mol. The summed E-state index contributed by atoms with van der Waals surface area (Å²) in [5.41, 5.74) is 12.7. The van der Waals surface area contributed by atoms with Crippen LogP contribution in [0.5, 0.6) is 5.75 Å². The number of hydrogen-bond acceptors (Lipinski definition) is 4. The average molecular weight is 802 g/mol. The smallest absolute Gasteiger partial charge is 0.137 e. The van der Waals surface area contributed by atoms with Crippen molar-refractivity contribution in [2.24, 2.45) is 0 Å². The molecule has 1 atom stereocenters. The van der Waals surface area contributed by atoms with E-state index < -0.39 is 0 Å². The second-order valence-electron chi connectivity index (χ2n) is 17.9. The highest BCUT2D eigenvalue weighted by Crippen LogP contribution is 2.44. The number of aromatic nitrogens is 2. The highest BCUT2D eigenvalue weighted by molar-refractivity contribution is 5.86. The first-order valence-corrected chi connectivity index (χ1v) is 21.0. The van der Waals surface area contributed by atoms with Crippen LogP contribution in [-0.4, -0.2) is 15.1 Å². The molecule has 0 saturated carbocycles. The van der Waals surface area contributed by atoms with E-state index in [4.69, 9.17) is 9.97 Å². The first kappa shape index (κ1) is 40.9. The zero-order valence-electron chi connectivity index (χ0n) is 36.0. The summed E-state index contributed by atoms with van der Waals surface area (Å²) in [7, 11) is 0. The van der Waals surface area contributed by atoms with E-state index in [-0.39, 0.29) is 28.3 Å². The Morgan fingerprint density at radius 2 is 1.10 bits per heavy atom. The SMILES string of the molecule is CC(c1ccc(F)cc1)c1ccnc(N(c2ccccc2)c2cc(-c3ccccc3)cc(-c3cc(-c4ccccc4)cc(-c4cc(C(C)(C)C)cc(C(C)(C)C)c4O)n3)c2)c1. The maximum Gasteiger partial charge on any atom is 0.137 e. The number of benzene rings is 6. The maximum absolute atomic E-state index is 13.9. The van der Waals surface area contributed by atoms with Crippen LogP contribution in [0.1, 0.15) is 76.6 Å². The van der Waals surface area contributed by atoms with E-state index in [0.29, 0.717) is 11.3 Å². The summed E-state index contributed by atoms with van der Waals surface area (Å²) in [6, 6.07) is 57.0. The highest BCUT2D eigenvalue weighted by atomic mass is 19.1. The normalized spacial score (nSPS) is 12.3. The van der Waals surface area contributed by atoms with Gasteiger partial charge >= 0.3 is 0 Å². The summed E-state index contributed by atoms with van der Waals surface area (Å²) < 4.78 is 13.9. The van der Waals surface area contributed by atoms with E-state index in [1.807, 2.05) is 54.7 Å². The van der Waals surface area contributed by atoms with E-state index >= 15 is 0 Å². The molecule has 304 valence electrons. The molecule has 0 aliphatic rings. The molecule has 1 unspecified atom stereocenters. The van der Waals surface area contributed by atoms with Crippen LogP contribution in [0, 0.1) is 5.82 Å². The van der Waals surface area contributed by atoms with Crippen LogP contribution >= 0.6 is 0 Å². The number of rotatable bonds is 9. The van der Waals surface area contributed by atoms with Crippen LogP contribution in [-0.2, 0) is 10.8 Å². The van der Waals surface area contributed by atoms with Gasteiger partial charge in [-0.2, -0.15) is 0 Å². The van der Waals surface area contributed by atoms with E-state index in [2.05, 4.69) is 163 Å².